The van der Waals surface area contributed by atoms with Crippen molar-refractivity contribution in [2.24, 2.45) is 0 Å². The van der Waals surface area contributed by atoms with Crippen molar-refractivity contribution in [3.63, 3.8) is 0 Å². The smallest absolute Gasteiger partial charge is 0.255 e. The number of ether oxygens (including phenoxy) is 1. The number of fused-ring (bicyclic) bond motifs is 2. The van der Waals surface area contributed by atoms with Gasteiger partial charge in [0, 0.05) is 55.8 Å². The fourth-order valence-electron chi connectivity index (χ4n) is 4.99. The van der Waals surface area contributed by atoms with Gasteiger partial charge in [-0.25, -0.2) is 9.97 Å². The molecule has 30 heavy (non-hydrogen) atoms. The first-order valence-electron chi connectivity index (χ1n) is 10.8. The molecule has 3 aliphatic rings. The van der Waals surface area contributed by atoms with Gasteiger partial charge in [0.25, 0.3) is 5.56 Å². The molecular formula is C21H30N6O2S. The van der Waals surface area contributed by atoms with Gasteiger partial charge in [-0.3, -0.25) is 14.7 Å². The standard InChI is InChI=1S/C21H30N6O2S/c1-25(2)20-22-13-15(30-20)14-26-7-5-21(6-8-26)4-3-16-17(21)23-19(24-18(16)28)27-9-11-29-12-10-27/h13H,3-12,14H2,1-2H3,(H,23,24,28). The Bertz CT molecular complexity index is 957. The minimum absolute atomic E-state index is 0.0571. The average molecular weight is 431 g/mol. The number of nitrogens with zero attached hydrogens (tertiary/aromatic N) is 5. The maximum Gasteiger partial charge on any atom is 0.255 e. The quantitative estimate of drug-likeness (QED) is 0.790. The summed E-state index contributed by atoms with van der Waals surface area (Å²) in [6, 6.07) is 0. The fraction of sp³-hybridized carbons (Fsp3) is 0.667. The Balaban J connectivity index is 1.31. The van der Waals surface area contributed by atoms with Gasteiger partial charge in [0.05, 0.1) is 18.9 Å². The van der Waals surface area contributed by atoms with E-state index in [1.165, 1.54) is 4.88 Å². The van der Waals surface area contributed by atoms with Crippen LogP contribution in [0.1, 0.15) is 35.4 Å². The first-order valence-corrected chi connectivity index (χ1v) is 11.7. The number of thiazole rings is 1. The van der Waals surface area contributed by atoms with Crippen LogP contribution in [0.5, 0.6) is 0 Å². The minimum atomic E-state index is 0.0571. The van der Waals surface area contributed by atoms with E-state index in [4.69, 9.17) is 9.72 Å². The van der Waals surface area contributed by atoms with Gasteiger partial charge in [0.2, 0.25) is 5.95 Å². The molecule has 162 valence electrons. The minimum Gasteiger partial charge on any atom is -0.378 e. The van der Waals surface area contributed by atoms with Crippen LogP contribution in [0.2, 0.25) is 0 Å². The molecule has 1 aliphatic carbocycles. The zero-order valence-corrected chi connectivity index (χ0v) is 18.6. The van der Waals surface area contributed by atoms with Crippen molar-refractivity contribution in [3.05, 3.63) is 32.7 Å². The van der Waals surface area contributed by atoms with Gasteiger partial charge in [-0.05, 0) is 38.8 Å². The summed E-state index contributed by atoms with van der Waals surface area (Å²) in [5.74, 6) is 0.728. The van der Waals surface area contributed by atoms with E-state index in [2.05, 4.69) is 24.7 Å². The molecule has 0 saturated carbocycles. The second-order valence-electron chi connectivity index (χ2n) is 8.88. The predicted molar refractivity (Wildman–Crippen MR) is 119 cm³/mol. The molecular weight excluding hydrogens is 400 g/mol. The number of aromatic nitrogens is 3. The number of anilines is 2. The lowest BCUT2D eigenvalue weighted by Crippen LogP contribution is -2.42. The molecule has 0 aromatic carbocycles. The highest BCUT2D eigenvalue weighted by atomic mass is 32.1. The molecule has 0 unspecified atom stereocenters. The first kappa shape index (κ1) is 20.0. The number of morpholine rings is 1. The normalized spacial score (nSPS) is 21.2. The number of hydrogen-bond donors (Lipinski definition) is 1. The summed E-state index contributed by atoms with van der Waals surface area (Å²) in [7, 11) is 4.06. The van der Waals surface area contributed by atoms with Crippen molar-refractivity contribution in [2.45, 2.75) is 37.6 Å². The average Bonchev–Trinajstić information content (AvgIpc) is 3.36. The largest absolute Gasteiger partial charge is 0.378 e. The van der Waals surface area contributed by atoms with Gasteiger partial charge in [0.1, 0.15) is 0 Å². The van der Waals surface area contributed by atoms with Gasteiger partial charge in [-0.15, -0.1) is 11.3 Å². The van der Waals surface area contributed by atoms with E-state index in [1.54, 1.807) is 11.3 Å². The van der Waals surface area contributed by atoms with E-state index in [1.807, 2.05) is 20.3 Å². The van der Waals surface area contributed by atoms with Crippen molar-refractivity contribution < 1.29 is 4.74 Å². The van der Waals surface area contributed by atoms with E-state index in [0.29, 0.717) is 13.2 Å². The molecule has 0 atom stereocenters. The van der Waals surface area contributed by atoms with Crippen LogP contribution in [0.25, 0.3) is 0 Å². The lowest BCUT2D eigenvalue weighted by atomic mass is 9.76. The Morgan fingerprint density at radius 1 is 1.20 bits per heavy atom. The molecule has 2 aromatic heterocycles. The first-order chi connectivity index (χ1) is 14.5. The third kappa shape index (κ3) is 3.63. The molecule has 9 heteroatoms. The Morgan fingerprint density at radius 3 is 2.67 bits per heavy atom. The molecule has 0 amide bonds. The second kappa shape index (κ2) is 7.94. The lowest BCUT2D eigenvalue weighted by Gasteiger charge is -2.39. The number of rotatable bonds is 4. The maximum absolute atomic E-state index is 12.8. The Hall–Kier alpha value is -1.97. The van der Waals surface area contributed by atoms with Crippen LogP contribution in [0.3, 0.4) is 0 Å². The molecule has 2 aromatic rings. The van der Waals surface area contributed by atoms with Crippen LogP contribution in [0.4, 0.5) is 11.1 Å². The summed E-state index contributed by atoms with van der Waals surface area (Å²) >= 11 is 1.77. The molecule has 0 bridgehead atoms. The highest BCUT2D eigenvalue weighted by molar-refractivity contribution is 7.15. The van der Waals surface area contributed by atoms with Gasteiger partial charge in [-0.1, -0.05) is 0 Å². The highest BCUT2D eigenvalue weighted by Gasteiger charge is 2.44. The third-order valence-electron chi connectivity index (χ3n) is 6.79. The van der Waals surface area contributed by atoms with Crippen LogP contribution in [-0.2, 0) is 23.1 Å². The van der Waals surface area contributed by atoms with Gasteiger partial charge in [0.15, 0.2) is 5.13 Å². The summed E-state index contributed by atoms with van der Waals surface area (Å²) in [4.78, 5) is 33.4. The number of piperidine rings is 1. The summed E-state index contributed by atoms with van der Waals surface area (Å²) in [6.07, 6.45) is 6.04. The topological polar surface area (TPSA) is 77.6 Å². The van der Waals surface area contributed by atoms with E-state index in [9.17, 15) is 4.79 Å². The Labute approximate surface area is 180 Å². The van der Waals surface area contributed by atoms with E-state index < -0.39 is 0 Å². The lowest BCUT2D eigenvalue weighted by molar-refractivity contribution is 0.122. The van der Waals surface area contributed by atoms with Crippen LogP contribution in [0.15, 0.2) is 11.0 Å². The summed E-state index contributed by atoms with van der Waals surface area (Å²) in [5, 5.41) is 1.06. The molecule has 2 aliphatic heterocycles. The third-order valence-corrected chi connectivity index (χ3v) is 7.94. The Kier molecular flexibility index (Phi) is 5.28. The fourth-order valence-corrected chi connectivity index (χ4v) is 5.86. The van der Waals surface area contributed by atoms with Gasteiger partial charge < -0.3 is 14.5 Å². The van der Waals surface area contributed by atoms with Gasteiger partial charge >= 0.3 is 0 Å². The highest BCUT2D eigenvalue weighted by Crippen LogP contribution is 2.45. The number of hydrogen-bond acceptors (Lipinski definition) is 8. The molecule has 2 fully saturated rings. The van der Waals surface area contributed by atoms with Gasteiger partial charge in [-0.2, -0.15) is 0 Å². The summed E-state index contributed by atoms with van der Waals surface area (Å²) in [6.45, 7) is 5.98. The van der Waals surface area contributed by atoms with Crippen molar-refractivity contribution >= 4 is 22.4 Å². The molecule has 8 nitrogen and oxygen atoms in total. The van der Waals surface area contributed by atoms with E-state index >= 15 is 0 Å². The zero-order valence-electron chi connectivity index (χ0n) is 17.8. The molecule has 5 rings (SSSR count). The SMILES string of the molecule is CN(C)c1ncc(CN2CCC3(CCc4c3nc(N3CCOCC3)[nH]c4=O)CC2)s1. The molecule has 1 N–H and O–H groups in total. The number of likely N-dealkylation sites (tertiary alicyclic amines) is 1. The van der Waals surface area contributed by atoms with Crippen LogP contribution < -0.4 is 15.4 Å². The summed E-state index contributed by atoms with van der Waals surface area (Å²) in [5.41, 5.74) is 2.10. The van der Waals surface area contributed by atoms with Crippen molar-refractivity contribution in [1.82, 2.24) is 19.9 Å². The van der Waals surface area contributed by atoms with Crippen LogP contribution >= 0.6 is 11.3 Å². The van der Waals surface area contributed by atoms with E-state index in [-0.39, 0.29) is 11.0 Å². The maximum atomic E-state index is 12.8. The van der Waals surface area contributed by atoms with Crippen LogP contribution in [0, 0.1) is 0 Å². The van der Waals surface area contributed by atoms with Crippen molar-refractivity contribution in [2.75, 3.05) is 63.3 Å². The van der Waals surface area contributed by atoms with E-state index in [0.717, 1.165) is 80.7 Å². The second-order valence-corrected chi connectivity index (χ2v) is 9.97. The summed E-state index contributed by atoms with van der Waals surface area (Å²) < 4.78 is 5.46. The molecule has 4 heterocycles. The monoisotopic (exact) mass is 430 g/mol. The molecule has 1 spiro atoms. The Morgan fingerprint density at radius 2 is 1.97 bits per heavy atom. The number of nitrogens with one attached hydrogen (secondary N) is 1. The number of H-pyrrole nitrogens is 1. The van der Waals surface area contributed by atoms with Crippen molar-refractivity contribution in [1.29, 1.82) is 0 Å². The molecule has 2 saturated heterocycles. The number of aromatic amines is 1. The molecule has 0 radical (unpaired) electrons. The van der Waals surface area contributed by atoms with Crippen molar-refractivity contribution in [3.8, 4) is 0 Å². The zero-order chi connectivity index (χ0) is 20.7. The predicted octanol–water partition coefficient (Wildman–Crippen LogP) is 1.61. The van der Waals surface area contributed by atoms with Crippen LogP contribution in [-0.4, -0.2) is 73.3 Å².